The highest BCUT2D eigenvalue weighted by Gasteiger charge is 2.16. The fourth-order valence-corrected chi connectivity index (χ4v) is 1.38. The first-order valence-electron chi connectivity index (χ1n) is 5.14. The minimum Gasteiger partial charge on any atom is -0.443 e. The average Bonchev–Trinajstić information content (AvgIpc) is 2.60. The van der Waals surface area contributed by atoms with Gasteiger partial charge in [-0.15, -0.1) is 0 Å². The molecule has 0 aromatic carbocycles. The smallest absolute Gasteiger partial charge is 0.356 e. The number of rotatable bonds is 4. The lowest BCUT2D eigenvalue weighted by Crippen LogP contribution is -2.16. The van der Waals surface area contributed by atoms with Gasteiger partial charge in [-0.1, -0.05) is 6.92 Å². The number of hydrogen-bond acceptors (Lipinski definition) is 4. The van der Waals surface area contributed by atoms with E-state index >= 15 is 0 Å². The van der Waals surface area contributed by atoms with Gasteiger partial charge in [0.05, 0.1) is 5.69 Å². The number of anilines is 1. The van der Waals surface area contributed by atoms with Gasteiger partial charge in [0.1, 0.15) is 11.8 Å². The van der Waals surface area contributed by atoms with Crippen LogP contribution in [-0.2, 0) is 11.3 Å². The van der Waals surface area contributed by atoms with Gasteiger partial charge in [0.2, 0.25) is 0 Å². The molecule has 0 aliphatic heterocycles. The van der Waals surface area contributed by atoms with Crippen LogP contribution in [0.1, 0.15) is 30.8 Å². The van der Waals surface area contributed by atoms with Gasteiger partial charge in [-0.25, -0.2) is 4.79 Å². The van der Waals surface area contributed by atoms with Gasteiger partial charge in [0.25, 0.3) is 0 Å². The highest BCUT2D eigenvalue weighted by atomic mass is 16.5. The molecule has 16 heavy (non-hydrogen) atoms. The van der Waals surface area contributed by atoms with E-state index in [-0.39, 0.29) is 0 Å². The largest absolute Gasteiger partial charge is 0.443 e. The molecule has 1 aromatic heterocycles. The lowest BCUT2D eigenvalue weighted by atomic mass is 10.4. The molecule has 0 spiro atoms. The molecule has 1 unspecified atom stereocenters. The zero-order valence-corrected chi connectivity index (χ0v) is 9.43. The van der Waals surface area contributed by atoms with E-state index in [0.29, 0.717) is 17.9 Å². The number of nitrogens with zero attached hydrogens (tertiary/aromatic N) is 2. The number of aryl methyl sites for hydroxylation is 1. The number of esters is 1. The van der Waals surface area contributed by atoms with Crippen molar-refractivity contribution in [2.75, 3.05) is 5.73 Å². The average molecular weight is 221 g/mol. The van der Waals surface area contributed by atoms with Crippen molar-refractivity contribution in [3.8, 4) is 6.07 Å². The van der Waals surface area contributed by atoms with Crippen LogP contribution in [0.2, 0.25) is 0 Å². The summed E-state index contributed by atoms with van der Waals surface area (Å²) in [4.78, 5) is 11.7. The Morgan fingerprint density at radius 1 is 1.75 bits per heavy atom. The number of carbonyl (C=O) groups is 1. The second-order valence-electron chi connectivity index (χ2n) is 3.53. The lowest BCUT2D eigenvalue weighted by Gasteiger charge is -2.08. The zero-order valence-electron chi connectivity index (χ0n) is 9.43. The lowest BCUT2D eigenvalue weighted by molar-refractivity contribution is 0.0422. The maximum Gasteiger partial charge on any atom is 0.356 e. The van der Waals surface area contributed by atoms with Crippen LogP contribution in [-0.4, -0.2) is 16.6 Å². The first-order chi connectivity index (χ1) is 7.58. The summed E-state index contributed by atoms with van der Waals surface area (Å²) in [6, 6.07) is 3.40. The maximum atomic E-state index is 11.7. The first-order valence-corrected chi connectivity index (χ1v) is 5.14. The van der Waals surface area contributed by atoms with Crippen LogP contribution in [0.5, 0.6) is 0 Å². The fourth-order valence-electron chi connectivity index (χ4n) is 1.38. The van der Waals surface area contributed by atoms with E-state index < -0.39 is 12.1 Å². The Balaban J connectivity index is 2.86. The highest BCUT2D eigenvalue weighted by Crippen LogP contribution is 2.13. The van der Waals surface area contributed by atoms with Gasteiger partial charge < -0.3 is 15.0 Å². The van der Waals surface area contributed by atoms with Crippen molar-refractivity contribution >= 4 is 11.7 Å². The molecule has 0 fully saturated rings. The SMILES string of the molecule is CCCn1cc(N)cc1C(=O)OC(C)C#N. The molecule has 0 aliphatic rings. The number of ether oxygens (including phenoxy) is 1. The van der Waals surface area contributed by atoms with E-state index in [2.05, 4.69) is 0 Å². The summed E-state index contributed by atoms with van der Waals surface area (Å²) in [5, 5.41) is 8.55. The van der Waals surface area contributed by atoms with Crippen molar-refractivity contribution in [3.63, 3.8) is 0 Å². The molecular formula is C11H15N3O2. The summed E-state index contributed by atoms with van der Waals surface area (Å²) in [6.07, 6.45) is 1.83. The van der Waals surface area contributed by atoms with Crippen molar-refractivity contribution in [1.29, 1.82) is 5.26 Å². The third-order valence-electron chi connectivity index (χ3n) is 2.06. The number of carbonyl (C=O) groups excluding carboxylic acids is 1. The predicted molar refractivity (Wildman–Crippen MR) is 59.6 cm³/mol. The van der Waals surface area contributed by atoms with Crippen LogP contribution in [0.4, 0.5) is 5.69 Å². The van der Waals surface area contributed by atoms with Crippen LogP contribution in [0, 0.1) is 11.3 Å². The minimum atomic E-state index is -0.751. The normalized spacial score (nSPS) is 11.8. The molecule has 5 heteroatoms. The molecule has 0 saturated carbocycles. The third-order valence-corrected chi connectivity index (χ3v) is 2.06. The predicted octanol–water partition coefficient (Wildman–Crippen LogP) is 1.55. The molecule has 1 aromatic rings. The molecule has 0 saturated heterocycles. The van der Waals surface area contributed by atoms with E-state index in [1.165, 1.54) is 6.92 Å². The molecule has 1 heterocycles. The maximum absolute atomic E-state index is 11.7. The number of hydrogen-bond donors (Lipinski definition) is 1. The molecule has 0 amide bonds. The number of nitriles is 1. The number of nitrogen functional groups attached to an aromatic ring is 1. The number of nitrogens with two attached hydrogens (primary N) is 1. The molecule has 0 radical (unpaired) electrons. The fraction of sp³-hybridized carbons (Fsp3) is 0.455. The Labute approximate surface area is 94.4 Å². The van der Waals surface area contributed by atoms with E-state index in [4.69, 9.17) is 15.7 Å². The van der Waals surface area contributed by atoms with Crippen LogP contribution in [0.15, 0.2) is 12.3 Å². The Morgan fingerprint density at radius 2 is 2.44 bits per heavy atom. The third kappa shape index (κ3) is 2.76. The van der Waals surface area contributed by atoms with Gasteiger partial charge in [-0.3, -0.25) is 0 Å². The summed E-state index contributed by atoms with van der Waals surface area (Å²) in [5.41, 5.74) is 6.53. The van der Waals surface area contributed by atoms with Gasteiger partial charge in [-0.2, -0.15) is 5.26 Å². The van der Waals surface area contributed by atoms with Crippen molar-refractivity contribution in [2.45, 2.75) is 32.9 Å². The Morgan fingerprint density at radius 3 is 3.00 bits per heavy atom. The summed E-state index contributed by atoms with van der Waals surface area (Å²) in [6.45, 7) is 4.22. The van der Waals surface area contributed by atoms with E-state index in [0.717, 1.165) is 6.42 Å². The molecule has 1 atom stereocenters. The van der Waals surface area contributed by atoms with Crippen molar-refractivity contribution in [1.82, 2.24) is 4.57 Å². The Hall–Kier alpha value is -1.96. The summed E-state index contributed by atoms with van der Waals surface area (Å²) in [7, 11) is 0. The molecule has 5 nitrogen and oxygen atoms in total. The number of aromatic nitrogens is 1. The van der Waals surface area contributed by atoms with Crippen LogP contribution in [0.25, 0.3) is 0 Å². The van der Waals surface area contributed by atoms with Gasteiger partial charge in [0.15, 0.2) is 6.10 Å². The zero-order chi connectivity index (χ0) is 12.1. The van der Waals surface area contributed by atoms with Crippen molar-refractivity contribution < 1.29 is 9.53 Å². The quantitative estimate of drug-likeness (QED) is 0.782. The van der Waals surface area contributed by atoms with Crippen molar-refractivity contribution in [3.05, 3.63) is 18.0 Å². The van der Waals surface area contributed by atoms with E-state index in [1.54, 1.807) is 16.8 Å². The summed E-state index contributed by atoms with van der Waals surface area (Å²) >= 11 is 0. The minimum absolute atomic E-state index is 0.390. The van der Waals surface area contributed by atoms with Gasteiger partial charge in [0, 0.05) is 12.7 Å². The standard InChI is InChI=1S/C11H15N3O2/c1-3-4-14-7-9(13)5-10(14)11(15)16-8(2)6-12/h5,7-8H,3-4,13H2,1-2H3. The van der Waals surface area contributed by atoms with Gasteiger partial charge in [-0.05, 0) is 19.4 Å². The first kappa shape index (κ1) is 12.1. The van der Waals surface area contributed by atoms with E-state index in [9.17, 15) is 4.79 Å². The second-order valence-corrected chi connectivity index (χ2v) is 3.53. The van der Waals surface area contributed by atoms with Crippen LogP contribution in [0.3, 0.4) is 0 Å². The van der Waals surface area contributed by atoms with Crippen LogP contribution >= 0.6 is 0 Å². The topological polar surface area (TPSA) is 81.0 Å². The molecule has 0 aliphatic carbocycles. The summed E-state index contributed by atoms with van der Waals surface area (Å²) < 4.78 is 6.65. The van der Waals surface area contributed by atoms with E-state index in [1.807, 2.05) is 13.0 Å². The Kier molecular flexibility index (Phi) is 3.95. The molecule has 0 bridgehead atoms. The highest BCUT2D eigenvalue weighted by molar-refractivity contribution is 5.89. The van der Waals surface area contributed by atoms with Crippen LogP contribution < -0.4 is 5.73 Å². The molecule has 2 N–H and O–H groups in total. The molecular weight excluding hydrogens is 206 g/mol. The summed E-state index contributed by atoms with van der Waals surface area (Å²) in [5.74, 6) is -0.515. The molecule has 86 valence electrons. The second kappa shape index (κ2) is 5.21. The molecule has 1 rings (SSSR count). The van der Waals surface area contributed by atoms with Gasteiger partial charge >= 0.3 is 5.97 Å². The Bertz CT molecular complexity index is 417. The van der Waals surface area contributed by atoms with Crippen molar-refractivity contribution in [2.24, 2.45) is 0 Å². The monoisotopic (exact) mass is 221 g/mol.